The molecule has 1 N–H and O–H groups in total. The summed E-state index contributed by atoms with van der Waals surface area (Å²) in [6, 6.07) is 22.0. The van der Waals surface area contributed by atoms with Crippen molar-refractivity contribution in [1.29, 1.82) is 0 Å². The van der Waals surface area contributed by atoms with Crippen LogP contribution in [0.25, 0.3) is 10.8 Å². The van der Waals surface area contributed by atoms with E-state index in [1.807, 2.05) is 104 Å². The number of aliphatic hydroxyl groups is 1. The van der Waals surface area contributed by atoms with Crippen LogP contribution in [0.1, 0.15) is 18.9 Å². The van der Waals surface area contributed by atoms with Crippen LogP contribution in [-0.4, -0.2) is 76.1 Å². The third kappa shape index (κ3) is 4.31. The quantitative estimate of drug-likeness (QED) is 0.452. The van der Waals surface area contributed by atoms with Crippen LogP contribution >= 0.6 is 0 Å². The lowest BCUT2D eigenvalue weighted by Gasteiger charge is -2.38. The molecular weight excluding hydrogens is 542 g/mol. The van der Waals surface area contributed by atoms with Crippen LogP contribution in [0.3, 0.4) is 0 Å². The molecule has 1 unspecified atom stereocenters. The summed E-state index contributed by atoms with van der Waals surface area (Å²) in [6.07, 6.45) is 7.34. The molecule has 6 atom stereocenters. The summed E-state index contributed by atoms with van der Waals surface area (Å²) in [4.78, 5) is 48.4. The summed E-state index contributed by atoms with van der Waals surface area (Å²) in [5, 5.41) is 12.5. The summed E-state index contributed by atoms with van der Waals surface area (Å²) in [5.74, 6) is -2.45. The van der Waals surface area contributed by atoms with Crippen molar-refractivity contribution in [2.45, 2.75) is 43.7 Å². The number of amides is 3. The molecule has 8 heteroatoms. The molecule has 2 fully saturated rings. The van der Waals surface area contributed by atoms with Crippen LogP contribution in [0.2, 0.25) is 0 Å². The Morgan fingerprint density at radius 2 is 1.67 bits per heavy atom. The number of fused-ring (bicyclic) bond motifs is 3. The van der Waals surface area contributed by atoms with Gasteiger partial charge in [-0.25, -0.2) is 0 Å². The van der Waals surface area contributed by atoms with Crippen LogP contribution in [0, 0.1) is 11.8 Å². The van der Waals surface area contributed by atoms with Crippen molar-refractivity contribution in [3.63, 3.8) is 0 Å². The van der Waals surface area contributed by atoms with Gasteiger partial charge >= 0.3 is 0 Å². The van der Waals surface area contributed by atoms with E-state index < -0.39 is 35.6 Å². The lowest BCUT2D eigenvalue weighted by atomic mass is 9.77. The molecule has 3 aromatic carbocycles. The minimum atomic E-state index is -1.34. The first kappa shape index (κ1) is 27.6. The van der Waals surface area contributed by atoms with E-state index >= 15 is 0 Å². The number of carbonyl (C=O) groups is 3. The highest BCUT2D eigenvalue weighted by Gasteiger charge is 2.72. The predicted octanol–water partition coefficient (Wildman–Crippen LogP) is 3.69. The fraction of sp³-hybridized carbons (Fsp3) is 0.343. The third-order valence-electron chi connectivity index (χ3n) is 9.52. The Labute approximate surface area is 250 Å². The summed E-state index contributed by atoms with van der Waals surface area (Å²) in [5.41, 5.74) is 0.374. The smallest absolute Gasteiger partial charge is 0.253 e. The molecule has 0 aliphatic carbocycles. The van der Waals surface area contributed by atoms with Gasteiger partial charge in [-0.3, -0.25) is 14.4 Å². The second kappa shape index (κ2) is 10.8. The first-order chi connectivity index (χ1) is 21.0. The Balaban J connectivity index is 1.30. The molecule has 4 aliphatic rings. The van der Waals surface area contributed by atoms with Crippen LogP contribution in [0.4, 0.5) is 5.69 Å². The zero-order chi connectivity index (χ0) is 29.7. The second-order valence-electron chi connectivity index (χ2n) is 11.8. The van der Waals surface area contributed by atoms with Gasteiger partial charge in [-0.1, -0.05) is 91.9 Å². The monoisotopic (exact) mass is 577 g/mol. The zero-order valence-corrected chi connectivity index (χ0v) is 24.1. The highest BCUT2D eigenvalue weighted by atomic mass is 16.5. The number of nitrogens with zero attached hydrogens (tertiary/aromatic N) is 3. The molecule has 220 valence electrons. The molecule has 1 spiro atoms. The fourth-order valence-corrected chi connectivity index (χ4v) is 7.46. The lowest BCUT2D eigenvalue weighted by molar-refractivity contribution is -0.147. The summed E-state index contributed by atoms with van der Waals surface area (Å²) >= 11 is 0. The Morgan fingerprint density at radius 1 is 0.907 bits per heavy atom. The maximum Gasteiger partial charge on any atom is 0.253 e. The van der Waals surface area contributed by atoms with Crippen molar-refractivity contribution in [2.75, 3.05) is 24.6 Å². The predicted molar refractivity (Wildman–Crippen MR) is 163 cm³/mol. The Morgan fingerprint density at radius 3 is 2.44 bits per heavy atom. The Bertz CT molecular complexity index is 1630. The van der Waals surface area contributed by atoms with Crippen molar-refractivity contribution >= 4 is 34.2 Å². The molecule has 3 amide bonds. The van der Waals surface area contributed by atoms with Gasteiger partial charge in [-0.15, -0.1) is 0 Å². The highest BCUT2D eigenvalue weighted by Crippen LogP contribution is 2.54. The molecule has 8 nitrogen and oxygen atoms in total. The van der Waals surface area contributed by atoms with Crippen molar-refractivity contribution < 1.29 is 24.2 Å². The van der Waals surface area contributed by atoms with E-state index in [1.54, 1.807) is 9.80 Å². The summed E-state index contributed by atoms with van der Waals surface area (Å²) in [6.45, 7) is 2.70. The normalized spacial score (nSPS) is 29.0. The standard InChI is InChI=1S/C35H35N3O5/c1-2-26(22-39)38-31-34(42)37(27-16-15-24-12-6-7-13-25(24)20-27)19-9-17-35(31)30(33(38)41)29-28(43-35)14-8-18-36(32(29)40)21-23-10-4-3-5-11-23/h3-17,20,26,28-31,39H,2,18-19,21-22H2,1H3/t26-,28-,29+,30-,31?,35-/m0/s1. The number of benzene rings is 3. The van der Waals surface area contributed by atoms with E-state index in [0.717, 1.165) is 22.0 Å². The molecule has 4 aliphatic heterocycles. The van der Waals surface area contributed by atoms with Gasteiger partial charge in [0.05, 0.1) is 30.6 Å². The van der Waals surface area contributed by atoms with Crippen LogP contribution in [0.15, 0.2) is 97.1 Å². The average molecular weight is 578 g/mol. The number of ether oxygens (including phenoxy) is 1. The number of likely N-dealkylation sites (tertiary alicyclic amines) is 1. The van der Waals surface area contributed by atoms with E-state index in [9.17, 15) is 19.5 Å². The summed E-state index contributed by atoms with van der Waals surface area (Å²) in [7, 11) is 0. The molecule has 7 rings (SSSR count). The number of carbonyl (C=O) groups excluding carboxylic acids is 3. The van der Waals surface area contributed by atoms with Gasteiger partial charge in [-0.05, 0) is 34.9 Å². The van der Waals surface area contributed by atoms with Gasteiger partial charge in [0, 0.05) is 25.3 Å². The molecular formula is C35H35N3O5. The van der Waals surface area contributed by atoms with E-state index in [2.05, 4.69) is 0 Å². The van der Waals surface area contributed by atoms with Gasteiger partial charge < -0.3 is 24.5 Å². The van der Waals surface area contributed by atoms with E-state index in [4.69, 9.17) is 4.74 Å². The molecule has 0 saturated carbocycles. The Kier molecular flexibility index (Phi) is 6.91. The van der Waals surface area contributed by atoms with Crippen molar-refractivity contribution in [3.05, 3.63) is 103 Å². The summed E-state index contributed by atoms with van der Waals surface area (Å²) < 4.78 is 6.76. The molecule has 3 aromatic rings. The lowest BCUT2D eigenvalue weighted by Crippen LogP contribution is -2.58. The second-order valence-corrected chi connectivity index (χ2v) is 11.8. The molecule has 4 heterocycles. The number of anilines is 1. The minimum Gasteiger partial charge on any atom is -0.394 e. The maximum absolute atomic E-state index is 14.7. The van der Waals surface area contributed by atoms with Crippen molar-refractivity contribution in [2.24, 2.45) is 11.8 Å². The number of hydrogen-bond acceptors (Lipinski definition) is 5. The van der Waals surface area contributed by atoms with Crippen LogP contribution in [0.5, 0.6) is 0 Å². The first-order valence-corrected chi connectivity index (χ1v) is 15.0. The van der Waals surface area contributed by atoms with Gasteiger partial charge in [-0.2, -0.15) is 0 Å². The largest absolute Gasteiger partial charge is 0.394 e. The zero-order valence-electron chi connectivity index (χ0n) is 24.1. The first-order valence-electron chi connectivity index (χ1n) is 15.0. The van der Waals surface area contributed by atoms with Crippen LogP contribution < -0.4 is 4.90 Å². The minimum absolute atomic E-state index is 0.164. The maximum atomic E-state index is 14.7. The molecule has 0 bridgehead atoms. The number of hydrogen-bond donors (Lipinski definition) is 1. The molecule has 2 saturated heterocycles. The van der Waals surface area contributed by atoms with Gasteiger partial charge in [0.1, 0.15) is 11.6 Å². The van der Waals surface area contributed by atoms with Crippen LogP contribution in [-0.2, 0) is 25.7 Å². The molecule has 0 radical (unpaired) electrons. The van der Waals surface area contributed by atoms with Crippen molar-refractivity contribution in [3.8, 4) is 0 Å². The van der Waals surface area contributed by atoms with E-state index in [0.29, 0.717) is 26.1 Å². The number of aliphatic hydroxyl groups excluding tert-OH is 1. The van der Waals surface area contributed by atoms with Crippen molar-refractivity contribution in [1.82, 2.24) is 9.80 Å². The van der Waals surface area contributed by atoms with E-state index in [-0.39, 0.29) is 24.3 Å². The molecule has 0 aromatic heterocycles. The average Bonchev–Trinajstić information content (AvgIpc) is 3.35. The fourth-order valence-electron chi connectivity index (χ4n) is 7.46. The van der Waals surface area contributed by atoms with E-state index in [1.165, 1.54) is 4.90 Å². The number of rotatable bonds is 6. The van der Waals surface area contributed by atoms with Gasteiger partial charge in [0.15, 0.2) is 0 Å². The topological polar surface area (TPSA) is 90.4 Å². The Hall–Kier alpha value is -4.27. The SMILES string of the molecule is CC[C@@H](CO)N1C(=O)[C@@H]2[C@@H]3C(=O)N(Cc4ccccc4)CC=C[C@@H]3O[C@@]23C=CCN(c2ccc4ccccc4c2)C(=O)C13. The molecule has 43 heavy (non-hydrogen) atoms. The van der Waals surface area contributed by atoms with Gasteiger partial charge in [0.2, 0.25) is 11.8 Å². The van der Waals surface area contributed by atoms with Gasteiger partial charge in [0.25, 0.3) is 5.91 Å². The highest BCUT2D eigenvalue weighted by molar-refractivity contribution is 6.06. The third-order valence-corrected chi connectivity index (χ3v) is 9.52.